The number of carbonyl (C=O) groups is 1. The maximum Gasteiger partial charge on any atom is 1.00 e. The van der Waals surface area contributed by atoms with Crippen LogP contribution in [0.15, 0.2) is 36.5 Å². The van der Waals surface area contributed by atoms with Crippen molar-refractivity contribution in [3.63, 3.8) is 0 Å². The Kier molecular flexibility index (Phi) is 6.68. The van der Waals surface area contributed by atoms with Gasteiger partial charge in [0.05, 0.1) is 12.2 Å². The Morgan fingerprint density at radius 3 is 2.42 bits per heavy atom. The molecule has 0 aliphatic carbocycles. The molecule has 24 heavy (non-hydrogen) atoms. The van der Waals surface area contributed by atoms with Gasteiger partial charge in [0.1, 0.15) is 5.82 Å². The van der Waals surface area contributed by atoms with Crippen molar-refractivity contribution in [2.45, 2.75) is 0 Å². The van der Waals surface area contributed by atoms with Crippen LogP contribution in [0.5, 0.6) is 0 Å². The number of piperazine rings is 1. The van der Waals surface area contributed by atoms with Crippen molar-refractivity contribution in [2.75, 3.05) is 37.6 Å². The summed E-state index contributed by atoms with van der Waals surface area (Å²) in [5.41, 5.74) is 1.74. The first-order chi connectivity index (χ1) is 11.1. The van der Waals surface area contributed by atoms with E-state index in [2.05, 4.69) is 15.1 Å². The van der Waals surface area contributed by atoms with Crippen LogP contribution >= 0.6 is 0 Å². The standard InChI is InChI=1S/C16H17FN4O2.Na/c17-14-3-1-12(2-4-14)13-9-15(19-18-10-13)21-7-5-20(6-8-21)11-16(22)23;/h1-4,9-10H,5-8,11H2,(H,22,23);/q;+1/p-1. The van der Waals surface area contributed by atoms with Gasteiger partial charge in [-0.05, 0) is 23.8 Å². The fraction of sp³-hybridized carbons (Fsp3) is 0.312. The molecule has 2 aromatic rings. The first kappa shape index (κ1) is 18.8. The van der Waals surface area contributed by atoms with Crippen LogP contribution in [0.2, 0.25) is 0 Å². The average molecular weight is 338 g/mol. The smallest absolute Gasteiger partial charge is 0.549 e. The van der Waals surface area contributed by atoms with Crippen LogP contribution in [0.1, 0.15) is 0 Å². The summed E-state index contributed by atoms with van der Waals surface area (Å²) in [5, 5.41) is 18.8. The van der Waals surface area contributed by atoms with E-state index >= 15 is 0 Å². The number of rotatable bonds is 4. The molecule has 1 aromatic carbocycles. The fourth-order valence-electron chi connectivity index (χ4n) is 2.63. The van der Waals surface area contributed by atoms with E-state index in [1.807, 2.05) is 11.0 Å². The second kappa shape index (κ2) is 8.53. The van der Waals surface area contributed by atoms with E-state index in [0.29, 0.717) is 26.2 Å². The Hall–Kier alpha value is -1.54. The number of hydrogen-bond donors (Lipinski definition) is 0. The maximum absolute atomic E-state index is 13.0. The van der Waals surface area contributed by atoms with Crippen molar-refractivity contribution in [1.82, 2.24) is 15.1 Å². The quantitative estimate of drug-likeness (QED) is 0.559. The maximum atomic E-state index is 13.0. The summed E-state index contributed by atoms with van der Waals surface area (Å²) >= 11 is 0. The van der Waals surface area contributed by atoms with Crippen LogP contribution in [0, 0.1) is 5.82 Å². The molecule has 8 heteroatoms. The van der Waals surface area contributed by atoms with Crippen LogP contribution in [0.25, 0.3) is 11.1 Å². The van der Waals surface area contributed by atoms with E-state index in [-0.39, 0.29) is 41.9 Å². The molecule has 0 amide bonds. The molecule has 120 valence electrons. The Balaban J connectivity index is 0.00000208. The molecule has 1 saturated heterocycles. The number of halogens is 1. The van der Waals surface area contributed by atoms with Gasteiger partial charge >= 0.3 is 29.6 Å². The third-order valence-electron chi connectivity index (χ3n) is 3.87. The van der Waals surface area contributed by atoms with Gasteiger partial charge in [0, 0.05) is 38.3 Å². The van der Waals surface area contributed by atoms with Crippen LogP contribution < -0.4 is 39.6 Å². The monoisotopic (exact) mass is 338 g/mol. The minimum atomic E-state index is -1.06. The summed E-state index contributed by atoms with van der Waals surface area (Å²) in [6.45, 7) is 2.58. The molecule has 0 radical (unpaired) electrons. The Labute approximate surface area is 161 Å². The number of carboxylic acids is 1. The van der Waals surface area contributed by atoms with E-state index in [1.54, 1.807) is 18.3 Å². The van der Waals surface area contributed by atoms with Crippen molar-refractivity contribution < 1.29 is 43.8 Å². The van der Waals surface area contributed by atoms with Gasteiger partial charge in [-0.15, -0.1) is 5.10 Å². The number of nitrogens with zero attached hydrogens (tertiary/aromatic N) is 4. The molecule has 1 fully saturated rings. The number of carboxylic acid groups (broad SMARTS) is 1. The zero-order valence-corrected chi connectivity index (χ0v) is 15.5. The van der Waals surface area contributed by atoms with E-state index in [1.165, 1.54) is 12.1 Å². The minimum absolute atomic E-state index is 0. The first-order valence-corrected chi connectivity index (χ1v) is 7.37. The van der Waals surface area contributed by atoms with E-state index in [0.717, 1.165) is 16.9 Å². The third kappa shape index (κ3) is 4.73. The molecule has 0 saturated carbocycles. The Morgan fingerprint density at radius 1 is 1.12 bits per heavy atom. The molecule has 1 aromatic heterocycles. The van der Waals surface area contributed by atoms with Crippen molar-refractivity contribution >= 4 is 11.8 Å². The van der Waals surface area contributed by atoms with Crippen LogP contribution in [-0.4, -0.2) is 53.8 Å². The van der Waals surface area contributed by atoms with Gasteiger partial charge in [0.15, 0.2) is 5.82 Å². The van der Waals surface area contributed by atoms with Crippen molar-refractivity contribution in [3.8, 4) is 11.1 Å². The molecule has 0 spiro atoms. The number of hydrogen-bond acceptors (Lipinski definition) is 6. The number of anilines is 1. The molecule has 6 nitrogen and oxygen atoms in total. The van der Waals surface area contributed by atoms with Gasteiger partial charge < -0.3 is 14.8 Å². The van der Waals surface area contributed by atoms with E-state index in [9.17, 15) is 14.3 Å². The summed E-state index contributed by atoms with van der Waals surface area (Å²) in [6.07, 6.45) is 1.64. The molecule has 1 aliphatic heterocycles. The van der Waals surface area contributed by atoms with Crippen LogP contribution in [0.4, 0.5) is 10.2 Å². The Morgan fingerprint density at radius 2 is 1.79 bits per heavy atom. The summed E-state index contributed by atoms with van der Waals surface area (Å²) in [4.78, 5) is 14.5. The van der Waals surface area contributed by atoms with Gasteiger partial charge in [-0.25, -0.2) is 4.39 Å². The molecule has 0 N–H and O–H groups in total. The molecule has 0 unspecified atom stereocenters. The average Bonchev–Trinajstić information content (AvgIpc) is 2.56. The molecule has 2 heterocycles. The molecule has 1 aliphatic rings. The van der Waals surface area contributed by atoms with E-state index < -0.39 is 5.97 Å². The second-order valence-corrected chi connectivity index (χ2v) is 5.44. The largest absolute Gasteiger partial charge is 1.00 e. The van der Waals surface area contributed by atoms with Crippen LogP contribution in [-0.2, 0) is 4.79 Å². The number of carbonyl (C=O) groups excluding carboxylic acids is 1. The summed E-state index contributed by atoms with van der Waals surface area (Å²) in [7, 11) is 0. The number of benzene rings is 1. The predicted octanol–water partition coefficient (Wildman–Crippen LogP) is -2.84. The topological polar surface area (TPSA) is 72.4 Å². The van der Waals surface area contributed by atoms with Gasteiger partial charge in [-0.1, -0.05) is 12.1 Å². The number of aliphatic carboxylic acids is 1. The van der Waals surface area contributed by atoms with Crippen LogP contribution in [0.3, 0.4) is 0 Å². The SMILES string of the molecule is O=C([O-])CN1CCN(c2cc(-c3ccc(F)cc3)cnn2)CC1.[Na+]. The zero-order valence-electron chi connectivity index (χ0n) is 13.5. The normalized spacial score (nSPS) is 15.0. The summed E-state index contributed by atoms with van der Waals surface area (Å²) in [6, 6.07) is 8.14. The third-order valence-corrected chi connectivity index (χ3v) is 3.87. The van der Waals surface area contributed by atoms with Crippen molar-refractivity contribution in [3.05, 3.63) is 42.3 Å². The summed E-state index contributed by atoms with van der Waals surface area (Å²) in [5.74, 6) is -0.600. The zero-order chi connectivity index (χ0) is 16.2. The Bertz CT molecular complexity index is 691. The van der Waals surface area contributed by atoms with Gasteiger partial charge in [0.2, 0.25) is 0 Å². The predicted molar refractivity (Wildman–Crippen MR) is 81.1 cm³/mol. The molecular formula is C16H16FN4NaO2. The summed E-state index contributed by atoms with van der Waals surface area (Å²) < 4.78 is 13.0. The number of aromatic nitrogens is 2. The second-order valence-electron chi connectivity index (χ2n) is 5.44. The van der Waals surface area contributed by atoms with Gasteiger partial charge in [-0.3, -0.25) is 4.90 Å². The van der Waals surface area contributed by atoms with Gasteiger partial charge in [0.25, 0.3) is 0 Å². The van der Waals surface area contributed by atoms with Gasteiger partial charge in [-0.2, -0.15) is 5.10 Å². The molecule has 3 rings (SSSR count). The molecule has 0 bridgehead atoms. The molecule has 0 atom stereocenters. The first-order valence-electron chi connectivity index (χ1n) is 7.37. The fourth-order valence-corrected chi connectivity index (χ4v) is 2.63. The van der Waals surface area contributed by atoms with Crippen molar-refractivity contribution in [2.24, 2.45) is 0 Å². The molecular weight excluding hydrogens is 322 g/mol. The minimum Gasteiger partial charge on any atom is -0.549 e. The van der Waals surface area contributed by atoms with E-state index in [4.69, 9.17) is 0 Å². The van der Waals surface area contributed by atoms with Crippen molar-refractivity contribution in [1.29, 1.82) is 0 Å².